The zero-order valence-electron chi connectivity index (χ0n) is 16.6. The van der Waals surface area contributed by atoms with Gasteiger partial charge in [0, 0.05) is 11.8 Å². The first kappa shape index (κ1) is 21.3. The van der Waals surface area contributed by atoms with Crippen LogP contribution in [0.5, 0.6) is 0 Å². The molecule has 0 spiro atoms. The Kier molecular flexibility index (Phi) is 6.53. The fraction of sp³-hybridized carbons (Fsp3) is 0.421. The molecule has 0 aromatic carbocycles. The number of ether oxygens (including phenoxy) is 1. The summed E-state index contributed by atoms with van der Waals surface area (Å²) in [7, 11) is 0. The van der Waals surface area contributed by atoms with Gasteiger partial charge in [-0.1, -0.05) is 25.1 Å². The van der Waals surface area contributed by atoms with Crippen LogP contribution in [0.2, 0.25) is 0 Å². The standard InChI is InChI=1S/C19H22N4O4S2/c1-5-7-11-8-12(24)21-19(20-11)28-10(4)15-22-16(25)13-9(3)14(18(26)27-6-2)29-17(13)23-15/h8,10H,5-7H2,1-4H3,(H,20,21,24)(H,22,23,25)/t10-/m1/s1. The number of carbonyl (C=O) groups excluding carboxylic acids is 1. The first-order chi connectivity index (χ1) is 13.8. The number of aromatic amines is 2. The molecular formula is C19H22N4O4S2. The molecule has 0 aliphatic rings. The van der Waals surface area contributed by atoms with Gasteiger partial charge in [0.25, 0.3) is 11.1 Å². The van der Waals surface area contributed by atoms with E-state index in [2.05, 4.69) is 19.9 Å². The lowest BCUT2D eigenvalue weighted by atomic mass is 10.2. The number of aryl methyl sites for hydroxylation is 2. The van der Waals surface area contributed by atoms with Crippen molar-refractivity contribution < 1.29 is 9.53 Å². The van der Waals surface area contributed by atoms with Gasteiger partial charge in [0.2, 0.25) is 0 Å². The van der Waals surface area contributed by atoms with Gasteiger partial charge in [0.15, 0.2) is 5.16 Å². The molecule has 154 valence electrons. The molecule has 10 heteroatoms. The summed E-state index contributed by atoms with van der Waals surface area (Å²) in [5.74, 6) is -0.00131. The molecule has 3 heterocycles. The molecular weight excluding hydrogens is 412 g/mol. The Morgan fingerprint density at radius 2 is 2.03 bits per heavy atom. The van der Waals surface area contributed by atoms with E-state index in [4.69, 9.17) is 4.74 Å². The second kappa shape index (κ2) is 8.91. The van der Waals surface area contributed by atoms with E-state index in [1.165, 1.54) is 17.8 Å². The Bertz CT molecular complexity index is 1170. The van der Waals surface area contributed by atoms with Crippen molar-refractivity contribution in [3.05, 3.63) is 48.7 Å². The van der Waals surface area contributed by atoms with E-state index in [0.29, 0.717) is 31.6 Å². The normalized spacial score (nSPS) is 12.3. The van der Waals surface area contributed by atoms with Gasteiger partial charge >= 0.3 is 5.97 Å². The second-order valence-corrected chi connectivity index (χ2v) is 8.79. The van der Waals surface area contributed by atoms with Crippen LogP contribution in [-0.2, 0) is 11.2 Å². The number of esters is 1. The Morgan fingerprint density at radius 3 is 2.72 bits per heavy atom. The highest BCUT2D eigenvalue weighted by atomic mass is 32.2. The fourth-order valence-electron chi connectivity index (χ4n) is 2.89. The number of thioether (sulfide) groups is 1. The predicted molar refractivity (Wildman–Crippen MR) is 114 cm³/mol. The second-order valence-electron chi connectivity index (χ2n) is 6.46. The molecule has 29 heavy (non-hydrogen) atoms. The lowest BCUT2D eigenvalue weighted by Crippen LogP contribution is -2.14. The highest BCUT2D eigenvalue weighted by Gasteiger charge is 2.22. The summed E-state index contributed by atoms with van der Waals surface area (Å²) in [5.41, 5.74) is 0.795. The van der Waals surface area contributed by atoms with E-state index in [9.17, 15) is 14.4 Å². The third-order valence-corrected chi connectivity index (χ3v) is 6.39. The number of nitrogens with zero attached hydrogens (tertiary/aromatic N) is 2. The molecule has 0 unspecified atom stereocenters. The molecule has 3 rings (SSSR count). The molecule has 0 radical (unpaired) electrons. The van der Waals surface area contributed by atoms with Crippen molar-refractivity contribution in [2.24, 2.45) is 0 Å². The Hall–Kier alpha value is -2.46. The first-order valence-corrected chi connectivity index (χ1v) is 11.0. The molecule has 8 nitrogen and oxygen atoms in total. The third-order valence-electron chi connectivity index (χ3n) is 4.23. The molecule has 0 saturated heterocycles. The van der Waals surface area contributed by atoms with E-state index < -0.39 is 5.97 Å². The minimum Gasteiger partial charge on any atom is -0.462 e. The van der Waals surface area contributed by atoms with Crippen LogP contribution in [0.4, 0.5) is 0 Å². The van der Waals surface area contributed by atoms with Crippen LogP contribution in [0, 0.1) is 6.92 Å². The first-order valence-electron chi connectivity index (χ1n) is 9.31. The lowest BCUT2D eigenvalue weighted by molar-refractivity contribution is 0.0531. The van der Waals surface area contributed by atoms with Crippen LogP contribution in [0.25, 0.3) is 10.2 Å². The van der Waals surface area contributed by atoms with Crippen molar-refractivity contribution in [2.45, 2.75) is 50.9 Å². The topological polar surface area (TPSA) is 118 Å². The maximum atomic E-state index is 12.6. The van der Waals surface area contributed by atoms with Gasteiger partial charge in [-0.3, -0.25) is 9.59 Å². The predicted octanol–water partition coefficient (Wildman–Crippen LogP) is 3.36. The molecule has 0 fully saturated rings. The molecule has 1 atom stereocenters. The minimum absolute atomic E-state index is 0.206. The number of H-pyrrole nitrogens is 2. The maximum absolute atomic E-state index is 12.6. The van der Waals surface area contributed by atoms with Crippen LogP contribution in [0.3, 0.4) is 0 Å². The largest absolute Gasteiger partial charge is 0.462 e. The highest BCUT2D eigenvalue weighted by Crippen LogP contribution is 2.33. The number of rotatable bonds is 7. The van der Waals surface area contributed by atoms with E-state index in [0.717, 1.165) is 29.9 Å². The third kappa shape index (κ3) is 4.59. The summed E-state index contributed by atoms with van der Waals surface area (Å²) < 4.78 is 5.06. The van der Waals surface area contributed by atoms with Gasteiger partial charge in [-0.2, -0.15) is 0 Å². The average Bonchev–Trinajstić information content (AvgIpc) is 2.99. The summed E-state index contributed by atoms with van der Waals surface area (Å²) in [5, 5.41) is 0.613. The number of thiophene rings is 1. The smallest absolute Gasteiger partial charge is 0.348 e. The number of hydrogen-bond donors (Lipinski definition) is 2. The van der Waals surface area contributed by atoms with E-state index in [1.807, 2.05) is 13.8 Å². The van der Waals surface area contributed by atoms with Crippen molar-refractivity contribution in [3.8, 4) is 0 Å². The van der Waals surface area contributed by atoms with Crippen molar-refractivity contribution in [3.63, 3.8) is 0 Å². The van der Waals surface area contributed by atoms with Crippen molar-refractivity contribution in [2.75, 3.05) is 6.61 Å². The van der Waals surface area contributed by atoms with Gasteiger partial charge in [0.1, 0.15) is 15.5 Å². The number of hydrogen-bond acceptors (Lipinski definition) is 8. The van der Waals surface area contributed by atoms with Gasteiger partial charge in [0.05, 0.1) is 17.2 Å². The van der Waals surface area contributed by atoms with E-state index in [-0.39, 0.29) is 23.0 Å². The van der Waals surface area contributed by atoms with Crippen LogP contribution >= 0.6 is 23.1 Å². The summed E-state index contributed by atoms with van der Waals surface area (Å²) in [6, 6.07) is 1.50. The van der Waals surface area contributed by atoms with Gasteiger partial charge < -0.3 is 14.7 Å². The van der Waals surface area contributed by atoms with Gasteiger partial charge in [-0.25, -0.2) is 14.8 Å². The molecule has 3 aromatic heterocycles. The summed E-state index contributed by atoms with van der Waals surface area (Å²) >= 11 is 2.45. The fourth-order valence-corrected chi connectivity index (χ4v) is 4.86. The van der Waals surface area contributed by atoms with Crippen molar-refractivity contribution in [1.29, 1.82) is 0 Å². The SMILES string of the molecule is CCCc1cc(=O)[nH]c(S[C@H](C)c2nc3sc(C(=O)OCC)c(C)c3c(=O)[nH]2)n1. The van der Waals surface area contributed by atoms with Crippen LogP contribution in [0.1, 0.15) is 59.2 Å². The zero-order chi connectivity index (χ0) is 21.1. The summed E-state index contributed by atoms with van der Waals surface area (Å²) in [6.07, 6.45) is 1.61. The highest BCUT2D eigenvalue weighted by molar-refractivity contribution is 7.99. The van der Waals surface area contributed by atoms with Crippen LogP contribution in [0.15, 0.2) is 20.8 Å². The Labute approximate surface area is 175 Å². The zero-order valence-corrected chi connectivity index (χ0v) is 18.3. The molecule has 0 amide bonds. The molecule has 0 saturated carbocycles. The Balaban J connectivity index is 1.95. The van der Waals surface area contributed by atoms with E-state index in [1.54, 1.807) is 13.8 Å². The summed E-state index contributed by atoms with van der Waals surface area (Å²) in [4.78, 5) is 52.0. The quantitative estimate of drug-likeness (QED) is 0.332. The molecule has 0 aliphatic heterocycles. The minimum atomic E-state index is -0.453. The Morgan fingerprint density at radius 1 is 1.28 bits per heavy atom. The van der Waals surface area contributed by atoms with Gasteiger partial charge in [-0.05, 0) is 32.8 Å². The molecule has 0 aliphatic carbocycles. The average molecular weight is 435 g/mol. The van der Waals surface area contributed by atoms with Crippen LogP contribution < -0.4 is 11.1 Å². The lowest BCUT2D eigenvalue weighted by Gasteiger charge is -2.10. The number of nitrogens with one attached hydrogen (secondary N) is 2. The van der Waals surface area contributed by atoms with Crippen molar-refractivity contribution >= 4 is 39.3 Å². The number of carbonyl (C=O) groups is 1. The van der Waals surface area contributed by atoms with Gasteiger partial charge in [-0.15, -0.1) is 11.3 Å². The number of fused-ring (bicyclic) bond motifs is 1. The van der Waals surface area contributed by atoms with Crippen LogP contribution in [-0.4, -0.2) is 32.5 Å². The molecule has 0 bridgehead atoms. The van der Waals surface area contributed by atoms with E-state index >= 15 is 0 Å². The monoisotopic (exact) mass is 434 g/mol. The summed E-state index contributed by atoms with van der Waals surface area (Å²) in [6.45, 7) is 7.60. The molecule has 3 aromatic rings. The maximum Gasteiger partial charge on any atom is 0.348 e. The molecule has 2 N–H and O–H groups in total. The van der Waals surface area contributed by atoms with Crippen molar-refractivity contribution in [1.82, 2.24) is 19.9 Å². The number of aromatic nitrogens is 4.